The number of rotatable bonds is 6. The molecule has 0 aromatic heterocycles. The van der Waals surface area contributed by atoms with Gasteiger partial charge in [-0.15, -0.1) is 0 Å². The Morgan fingerprint density at radius 3 is 1.41 bits per heavy atom. The topological polar surface area (TPSA) is 18.5 Å². The molecule has 8 aromatic rings. The SMILES string of the molecule is Fc1c(F)c(F)c(-c2c(F)c(F)c(F)c(F)c2OB(Oc2c(F)c(F)c3c(F)c(F)c4c(F)ccc5ccc2c3c54)c2cccc3c(F)c(F)c(F)c(F)c23)c(F)c1F. The third-order valence-electron chi connectivity index (χ3n) is 9.39. The van der Waals surface area contributed by atoms with E-state index < -0.39 is 178 Å². The molecule has 0 radical (unpaired) electrons. The molecule has 8 rings (SSSR count). The maximum atomic E-state index is 16.2. The maximum Gasteiger partial charge on any atom is 0.633 e. The zero-order valence-corrected chi connectivity index (χ0v) is 27.7. The number of fused-ring (bicyclic) bond motifs is 1. The Kier molecular flexibility index (Phi) is 9.00. The first-order valence-electron chi connectivity index (χ1n) is 15.9. The van der Waals surface area contributed by atoms with Gasteiger partial charge in [-0.25, -0.2) is 70.2 Å². The van der Waals surface area contributed by atoms with E-state index in [9.17, 15) is 35.1 Å². The molecule has 59 heavy (non-hydrogen) atoms. The van der Waals surface area contributed by atoms with Crippen molar-refractivity contribution in [2.45, 2.75) is 0 Å². The van der Waals surface area contributed by atoms with Crippen molar-refractivity contribution >= 4 is 55.7 Å². The van der Waals surface area contributed by atoms with Crippen LogP contribution in [0.2, 0.25) is 0 Å². The summed E-state index contributed by atoms with van der Waals surface area (Å²) in [5.74, 6) is -50.6. The van der Waals surface area contributed by atoms with Crippen LogP contribution in [-0.4, -0.2) is 7.12 Å². The molecule has 0 saturated heterocycles. The highest BCUT2D eigenvalue weighted by molar-refractivity contribution is 6.66. The van der Waals surface area contributed by atoms with Crippen molar-refractivity contribution < 1.29 is 88.3 Å². The lowest BCUT2D eigenvalue weighted by molar-refractivity contribution is 0.363. The summed E-state index contributed by atoms with van der Waals surface area (Å²) in [6.07, 6.45) is 0. The van der Waals surface area contributed by atoms with Crippen molar-refractivity contribution in [3.63, 3.8) is 0 Å². The highest BCUT2D eigenvalue weighted by Gasteiger charge is 2.41. The van der Waals surface area contributed by atoms with Crippen molar-refractivity contribution in [2.24, 2.45) is 0 Å². The van der Waals surface area contributed by atoms with Crippen molar-refractivity contribution in [3.05, 3.63) is 147 Å². The van der Waals surface area contributed by atoms with Crippen LogP contribution in [-0.2, 0) is 0 Å². The Labute approximate surface area is 313 Å². The highest BCUT2D eigenvalue weighted by atomic mass is 19.2. The van der Waals surface area contributed by atoms with Gasteiger partial charge in [0.2, 0.25) is 17.5 Å². The van der Waals surface area contributed by atoms with Crippen molar-refractivity contribution in [3.8, 4) is 22.6 Å². The molecule has 2 nitrogen and oxygen atoms in total. The molecule has 0 unspecified atom stereocenters. The third-order valence-corrected chi connectivity index (χ3v) is 9.39. The van der Waals surface area contributed by atoms with E-state index in [2.05, 4.69) is 0 Å². The second-order valence-electron chi connectivity index (χ2n) is 12.5. The Morgan fingerprint density at radius 2 is 0.763 bits per heavy atom. The van der Waals surface area contributed by atoms with Gasteiger partial charge < -0.3 is 9.31 Å². The molecule has 300 valence electrons. The van der Waals surface area contributed by atoms with Gasteiger partial charge in [0.15, 0.2) is 87.2 Å². The van der Waals surface area contributed by atoms with Crippen molar-refractivity contribution in [2.75, 3.05) is 0 Å². The fourth-order valence-electron chi connectivity index (χ4n) is 6.78. The van der Waals surface area contributed by atoms with E-state index in [1.807, 2.05) is 0 Å². The quantitative estimate of drug-likeness (QED) is 0.0546. The minimum Gasteiger partial charge on any atom is -0.519 e. The normalized spacial score (nSPS) is 11.9. The monoisotopic (exact) mass is 848 g/mol. The minimum absolute atomic E-state index is 0.168. The summed E-state index contributed by atoms with van der Waals surface area (Å²) >= 11 is 0. The van der Waals surface area contributed by atoms with Gasteiger partial charge in [-0.05, 0) is 17.5 Å². The molecule has 8 aromatic carbocycles. The third kappa shape index (κ3) is 5.35. The van der Waals surface area contributed by atoms with Crippen LogP contribution in [0.25, 0.3) is 54.2 Å². The van der Waals surface area contributed by atoms with Crippen LogP contribution in [0.3, 0.4) is 0 Å². The summed E-state index contributed by atoms with van der Waals surface area (Å²) in [6.45, 7) is 0. The lowest BCUT2D eigenvalue weighted by Gasteiger charge is -2.24. The molecule has 0 amide bonds. The van der Waals surface area contributed by atoms with Crippen LogP contribution >= 0.6 is 0 Å². The van der Waals surface area contributed by atoms with Crippen LogP contribution in [0.15, 0.2) is 42.5 Å². The molecule has 0 spiro atoms. The fraction of sp³-hybridized carbons (Fsp3) is 0. The smallest absolute Gasteiger partial charge is 0.519 e. The molecule has 21 heteroatoms. The van der Waals surface area contributed by atoms with Gasteiger partial charge in [-0.2, -0.15) is 8.78 Å². The van der Waals surface area contributed by atoms with E-state index in [1.165, 1.54) is 0 Å². The minimum atomic E-state index is -3.30. The molecule has 0 atom stereocenters. The zero-order chi connectivity index (χ0) is 42.8. The molecule has 0 heterocycles. The summed E-state index contributed by atoms with van der Waals surface area (Å²) < 4.78 is 281. The van der Waals surface area contributed by atoms with E-state index in [1.54, 1.807) is 0 Å². The van der Waals surface area contributed by atoms with Crippen LogP contribution in [0.5, 0.6) is 11.5 Å². The molecular weight excluding hydrogens is 841 g/mol. The standard InChI is InChI=1S/C38H7BF18O2/c40-12-7-5-8-4-6-10-15-13(8)16(12)22(43)23(44)17(15)26(47)35(56)37(10)58-39(11-3-1-2-9-14(11)21(42)29(50)28(49)20(9)41)59-38-19(27(48)32(53)34(55)36(38)57)18-24(45)30(51)33(54)31(52)25(18)46/h1-7H. The Balaban J connectivity index is 1.49. The van der Waals surface area contributed by atoms with Gasteiger partial charge >= 0.3 is 7.12 Å². The van der Waals surface area contributed by atoms with Gasteiger partial charge in [-0.3, -0.25) is 0 Å². The van der Waals surface area contributed by atoms with Crippen LogP contribution in [0.4, 0.5) is 79.0 Å². The average molecular weight is 848 g/mol. The summed E-state index contributed by atoms with van der Waals surface area (Å²) in [4.78, 5) is 0. The molecule has 0 fully saturated rings. The zero-order valence-electron chi connectivity index (χ0n) is 27.7. The van der Waals surface area contributed by atoms with E-state index in [0.29, 0.717) is 24.3 Å². The van der Waals surface area contributed by atoms with Gasteiger partial charge in [0.25, 0.3) is 0 Å². The second-order valence-corrected chi connectivity index (χ2v) is 12.5. The number of benzene rings is 8. The molecule has 0 aliphatic carbocycles. The predicted molar refractivity (Wildman–Crippen MR) is 172 cm³/mol. The first kappa shape index (κ1) is 39.3. The Bertz CT molecular complexity index is 3140. The first-order chi connectivity index (χ1) is 27.8. The summed E-state index contributed by atoms with van der Waals surface area (Å²) in [5, 5.41) is -8.07. The predicted octanol–water partition coefficient (Wildman–Crippen LogP) is 11.8. The van der Waals surface area contributed by atoms with Gasteiger partial charge in [0, 0.05) is 32.4 Å². The number of hydrogen-bond acceptors (Lipinski definition) is 2. The van der Waals surface area contributed by atoms with E-state index in [4.69, 9.17) is 9.31 Å². The molecule has 0 aliphatic heterocycles. The van der Waals surface area contributed by atoms with Crippen LogP contribution in [0, 0.1) is 105 Å². The van der Waals surface area contributed by atoms with Gasteiger partial charge in [0.1, 0.15) is 11.6 Å². The molecule has 0 aliphatic rings. The van der Waals surface area contributed by atoms with Crippen molar-refractivity contribution in [1.29, 1.82) is 0 Å². The number of halogens is 18. The average Bonchev–Trinajstić information content (AvgIpc) is 3.22. The second kappa shape index (κ2) is 13.5. The fourth-order valence-corrected chi connectivity index (χ4v) is 6.78. The molecule has 0 bridgehead atoms. The van der Waals surface area contributed by atoms with Crippen LogP contribution in [0.1, 0.15) is 0 Å². The summed E-state index contributed by atoms with van der Waals surface area (Å²) in [7, 11) is -3.30. The maximum absolute atomic E-state index is 16.2. The van der Waals surface area contributed by atoms with E-state index >= 15 is 43.9 Å². The highest BCUT2D eigenvalue weighted by Crippen LogP contribution is 2.47. The molecular formula is C38H7BF18O2. The van der Waals surface area contributed by atoms with Gasteiger partial charge in [0.05, 0.1) is 21.9 Å². The summed E-state index contributed by atoms with van der Waals surface area (Å²) in [6, 6.07) is 5.00. The lowest BCUT2D eigenvalue weighted by atomic mass is 9.75. The Morgan fingerprint density at radius 1 is 0.305 bits per heavy atom. The lowest BCUT2D eigenvalue weighted by Crippen LogP contribution is -2.44. The molecule has 0 N–H and O–H groups in total. The Hall–Kier alpha value is -6.54. The van der Waals surface area contributed by atoms with Crippen molar-refractivity contribution in [1.82, 2.24) is 0 Å². The van der Waals surface area contributed by atoms with Gasteiger partial charge in [-0.1, -0.05) is 30.3 Å². The van der Waals surface area contributed by atoms with E-state index in [0.717, 1.165) is 18.2 Å². The largest absolute Gasteiger partial charge is 0.633 e. The number of hydrogen-bond donors (Lipinski definition) is 0. The van der Waals surface area contributed by atoms with Crippen LogP contribution < -0.4 is 14.8 Å². The molecule has 0 saturated carbocycles. The van der Waals surface area contributed by atoms with E-state index in [-0.39, 0.29) is 5.39 Å². The summed E-state index contributed by atoms with van der Waals surface area (Å²) in [5.41, 5.74) is -6.41. The first-order valence-corrected chi connectivity index (χ1v) is 15.9.